The van der Waals surface area contributed by atoms with Gasteiger partial charge in [-0.15, -0.1) is 0 Å². The fraction of sp³-hybridized carbons (Fsp3) is 0.267. The van der Waals surface area contributed by atoms with Gasteiger partial charge in [0.2, 0.25) is 5.91 Å². The quantitative estimate of drug-likeness (QED) is 0.851. The minimum atomic E-state index is -2.99. The molecule has 1 aromatic carbocycles. The second kappa shape index (κ2) is 5.84. The summed E-state index contributed by atoms with van der Waals surface area (Å²) in [5, 5.41) is 2.69. The van der Waals surface area contributed by atoms with E-state index >= 15 is 0 Å². The van der Waals surface area contributed by atoms with Gasteiger partial charge in [-0.05, 0) is 24.6 Å². The zero-order valence-electron chi connectivity index (χ0n) is 11.8. The van der Waals surface area contributed by atoms with Crippen molar-refractivity contribution in [2.24, 2.45) is 0 Å². The molecule has 1 fully saturated rings. The van der Waals surface area contributed by atoms with E-state index < -0.39 is 9.84 Å². The molecule has 114 valence electrons. The summed E-state index contributed by atoms with van der Waals surface area (Å²) in [5.41, 5.74) is 2.13. The number of para-hydroxylation sites is 2. The molecule has 3 rings (SSSR count). The first-order chi connectivity index (χ1) is 10.5. The molecule has 0 bridgehead atoms. The summed E-state index contributed by atoms with van der Waals surface area (Å²) in [4.78, 5) is 20.4. The lowest BCUT2D eigenvalue weighted by molar-refractivity contribution is -0.116. The number of rotatable bonds is 3. The van der Waals surface area contributed by atoms with E-state index in [4.69, 9.17) is 0 Å². The average molecular weight is 317 g/mol. The van der Waals surface area contributed by atoms with Gasteiger partial charge >= 0.3 is 0 Å². The minimum Gasteiger partial charge on any atom is -0.349 e. The number of sulfone groups is 1. The molecule has 2 heterocycles. The van der Waals surface area contributed by atoms with E-state index in [9.17, 15) is 13.2 Å². The number of hydrogen-bond donors (Lipinski definition) is 1. The molecule has 1 N–H and O–H groups in total. The maximum atomic E-state index is 11.8. The second-order valence-electron chi connectivity index (χ2n) is 5.23. The Morgan fingerprint density at radius 3 is 2.77 bits per heavy atom. The zero-order valence-corrected chi connectivity index (χ0v) is 12.6. The highest BCUT2D eigenvalue weighted by molar-refractivity contribution is 7.91. The van der Waals surface area contributed by atoms with Crippen molar-refractivity contribution in [3.63, 3.8) is 0 Å². The fourth-order valence-electron chi connectivity index (χ4n) is 2.37. The average Bonchev–Trinajstić information content (AvgIpc) is 2.84. The topological polar surface area (TPSA) is 89.0 Å². The van der Waals surface area contributed by atoms with Crippen molar-refractivity contribution in [1.82, 2.24) is 15.3 Å². The molecule has 1 atom stereocenters. The Labute approximate surface area is 128 Å². The van der Waals surface area contributed by atoms with Gasteiger partial charge in [-0.1, -0.05) is 12.1 Å². The van der Waals surface area contributed by atoms with E-state index in [1.54, 1.807) is 12.3 Å². The van der Waals surface area contributed by atoms with Gasteiger partial charge in [0.25, 0.3) is 0 Å². The highest BCUT2D eigenvalue weighted by Gasteiger charge is 2.28. The minimum absolute atomic E-state index is 0.0162. The number of fused-ring (bicyclic) bond motifs is 1. The van der Waals surface area contributed by atoms with Crippen LogP contribution in [0, 0.1) is 0 Å². The Morgan fingerprint density at radius 2 is 2.05 bits per heavy atom. The highest BCUT2D eigenvalue weighted by atomic mass is 32.2. The molecule has 1 aliphatic heterocycles. The first kappa shape index (κ1) is 14.6. The molecule has 1 amide bonds. The highest BCUT2D eigenvalue weighted by Crippen LogP contribution is 2.12. The van der Waals surface area contributed by atoms with Crippen LogP contribution in [0.4, 0.5) is 0 Å². The summed E-state index contributed by atoms with van der Waals surface area (Å²) in [7, 11) is -2.99. The fourth-order valence-corrected chi connectivity index (χ4v) is 4.04. The smallest absolute Gasteiger partial charge is 0.244 e. The van der Waals surface area contributed by atoms with Crippen LogP contribution in [-0.2, 0) is 14.6 Å². The van der Waals surface area contributed by atoms with Crippen LogP contribution in [0.1, 0.15) is 12.1 Å². The van der Waals surface area contributed by atoms with Gasteiger partial charge < -0.3 is 5.32 Å². The molecule has 6 nitrogen and oxygen atoms in total. The Morgan fingerprint density at radius 1 is 1.27 bits per heavy atom. The van der Waals surface area contributed by atoms with Gasteiger partial charge in [-0.25, -0.2) is 13.4 Å². The molecule has 2 aromatic rings. The summed E-state index contributed by atoms with van der Waals surface area (Å²) in [5.74, 6) is -0.169. The Hall–Kier alpha value is -2.28. The lowest BCUT2D eigenvalue weighted by Crippen LogP contribution is -2.34. The van der Waals surface area contributed by atoms with Crippen molar-refractivity contribution < 1.29 is 13.2 Å². The monoisotopic (exact) mass is 317 g/mol. The van der Waals surface area contributed by atoms with Crippen LogP contribution < -0.4 is 5.32 Å². The second-order valence-corrected chi connectivity index (χ2v) is 7.45. The van der Waals surface area contributed by atoms with Gasteiger partial charge in [0.15, 0.2) is 9.84 Å². The molecule has 22 heavy (non-hydrogen) atoms. The van der Waals surface area contributed by atoms with E-state index in [0.29, 0.717) is 12.1 Å². The predicted molar refractivity (Wildman–Crippen MR) is 83.8 cm³/mol. The molecular formula is C15H15N3O3S. The molecule has 0 spiro atoms. The summed E-state index contributed by atoms with van der Waals surface area (Å²) < 4.78 is 22.7. The van der Waals surface area contributed by atoms with Crippen molar-refractivity contribution in [2.45, 2.75) is 12.5 Å². The number of carbonyl (C=O) groups is 1. The van der Waals surface area contributed by atoms with Crippen LogP contribution in [-0.4, -0.2) is 41.8 Å². The number of carbonyl (C=O) groups excluding carboxylic acids is 1. The molecule has 1 aliphatic rings. The van der Waals surface area contributed by atoms with E-state index in [0.717, 1.165) is 11.0 Å². The van der Waals surface area contributed by atoms with Gasteiger partial charge in [-0.2, -0.15) is 0 Å². The Balaban J connectivity index is 1.66. The number of aromatic nitrogens is 2. The summed E-state index contributed by atoms with van der Waals surface area (Å²) in [6, 6.07) is 7.17. The van der Waals surface area contributed by atoms with Crippen LogP contribution in [0.3, 0.4) is 0 Å². The summed E-state index contributed by atoms with van der Waals surface area (Å²) >= 11 is 0. The number of amides is 1. The van der Waals surface area contributed by atoms with Crippen molar-refractivity contribution in [3.8, 4) is 0 Å². The predicted octanol–water partition coefficient (Wildman–Crippen LogP) is 0.946. The van der Waals surface area contributed by atoms with Crippen LogP contribution >= 0.6 is 0 Å². The van der Waals surface area contributed by atoms with Gasteiger partial charge in [0, 0.05) is 12.1 Å². The van der Waals surface area contributed by atoms with Gasteiger partial charge in [-0.3, -0.25) is 9.78 Å². The first-order valence-electron chi connectivity index (χ1n) is 6.93. The van der Waals surface area contributed by atoms with Crippen LogP contribution in [0.2, 0.25) is 0 Å². The van der Waals surface area contributed by atoms with Crippen molar-refractivity contribution >= 4 is 32.9 Å². The van der Waals surface area contributed by atoms with E-state index in [1.165, 1.54) is 6.08 Å². The summed E-state index contributed by atoms with van der Waals surface area (Å²) in [6.45, 7) is 0. The standard InChI is InChI=1S/C15H15N3O3S/c19-15(18-12-7-8-22(20,21)10-12)6-5-11-9-16-13-3-1-2-4-14(13)17-11/h1-6,9,12H,7-8,10H2,(H,18,19)/b6-5+. The number of benzene rings is 1. The molecule has 7 heteroatoms. The van der Waals surface area contributed by atoms with Crippen molar-refractivity contribution in [2.75, 3.05) is 11.5 Å². The lowest BCUT2D eigenvalue weighted by Gasteiger charge is -2.07. The number of nitrogens with zero attached hydrogens (tertiary/aromatic N) is 2. The maximum absolute atomic E-state index is 11.8. The van der Waals surface area contributed by atoms with Crippen LogP contribution in [0.15, 0.2) is 36.5 Å². The molecule has 0 aliphatic carbocycles. The van der Waals surface area contributed by atoms with E-state index in [1.807, 2.05) is 24.3 Å². The number of nitrogens with one attached hydrogen (secondary N) is 1. The van der Waals surface area contributed by atoms with E-state index in [2.05, 4.69) is 15.3 Å². The largest absolute Gasteiger partial charge is 0.349 e. The van der Waals surface area contributed by atoms with Crippen molar-refractivity contribution in [1.29, 1.82) is 0 Å². The summed E-state index contributed by atoms with van der Waals surface area (Å²) in [6.07, 6.45) is 4.98. The zero-order chi connectivity index (χ0) is 15.6. The lowest BCUT2D eigenvalue weighted by atomic mass is 10.2. The van der Waals surface area contributed by atoms with Crippen LogP contribution in [0.5, 0.6) is 0 Å². The Kier molecular flexibility index (Phi) is 3.89. The molecule has 1 aromatic heterocycles. The maximum Gasteiger partial charge on any atom is 0.244 e. The third-order valence-electron chi connectivity index (χ3n) is 3.45. The van der Waals surface area contributed by atoms with E-state index in [-0.39, 0.29) is 23.5 Å². The SMILES string of the molecule is O=C(/C=C/c1cnc2ccccc2n1)NC1CCS(=O)(=O)C1. The third kappa shape index (κ3) is 3.48. The van der Waals surface area contributed by atoms with Gasteiger partial charge in [0.1, 0.15) is 0 Å². The molecule has 1 saturated heterocycles. The third-order valence-corrected chi connectivity index (χ3v) is 5.22. The van der Waals surface area contributed by atoms with Crippen LogP contribution in [0.25, 0.3) is 17.1 Å². The Bertz CT molecular complexity index is 846. The molecule has 0 saturated carbocycles. The molecule has 0 radical (unpaired) electrons. The number of hydrogen-bond acceptors (Lipinski definition) is 5. The molecule has 1 unspecified atom stereocenters. The first-order valence-corrected chi connectivity index (χ1v) is 8.75. The van der Waals surface area contributed by atoms with Crippen molar-refractivity contribution in [3.05, 3.63) is 42.2 Å². The van der Waals surface area contributed by atoms with Gasteiger partial charge in [0.05, 0.1) is 34.4 Å². The normalized spacial score (nSPS) is 20.5. The molecular weight excluding hydrogens is 302 g/mol.